The van der Waals surface area contributed by atoms with E-state index in [0.29, 0.717) is 17.2 Å². The Morgan fingerprint density at radius 3 is 1.96 bits per heavy atom. The summed E-state index contributed by atoms with van der Waals surface area (Å²) in [5, 5.41) is 2.84. The average Bonchev–Trinajstić information content (AvgIpc) is 2.57. The summed E-state index contributed by atoms with van der Waals surface area (Å²) in [6.45, 7) is 3.60. The molecule has 1 amide bonds. The average molecular weight is 334 g/mol. The lowest BCUT2D eigenvalue weighted by atomic mass is 9.95. The van der Waals surface area contributed by atoms with Crippen LogP contribution in [0.2, 0.25) is 0 Å². The highest BCUT2D eigenvalue weighted by Crippen LogP contribution is 2.26. The van der Waals surface area contributed by atoms with E-state index in [-0.39, 0.29) is 11.8 Å². The highest BCUT2D eigenvalue weighted by atomic mass is 35.5. The summed E-state index contributed by atoms with van der Waals surface area (Å²) in [7, 11) is 1.62. The second kappa shape index (κ2) is 7.38. The van der Waals surface area contributed by atoms with Crippen LogP contribution >= 0.6 is 11.6 Å². The Morgan fingerprint density at radius 1 is 1.00 bits per heavy atom. The summed E-state index contributed by atoms with van der Waals surface area (Å²) < 4.78 is 10.8. The van der Waals surface area contributed by atoms with Crippen molar-refractivity contribution in [1.29, 1.82) is 0 Å². The van der Waals surface area contributed by atoms with Gasteiger partial charge in [0, 0.05) is 11.6 Å². The van der Waals surface area contributed by atoms with E-state index in [1.54, 1.807) is 45.2 Å². The predicted molar refractivity (Wildman–Crippen MR) is 92.6 cm³/mol. The molecular weight excluding hydrogens is 314 g/mol. The van der Waals surface area contributed by atoms with Crippen LogP contribution in [0.15, 0.2) is 48.5 Å². The number of methoxy groups -OCH3 is 1. The number of halogens is 1. The molecule has 5 heteroatoms. The summed E-state index contributed by atoms with van der Waals surface area (Å²) in [6.07, 6.45) is 0. The van der Waals surface area contributed by atoms with Gasteiger partial charge in [-0.3, -0.25) is 4.79 Å². The number of carbonyl (C=O) groups is 1. The summed E-state index contributed by atoms with van der Waals surface area (Å²) in [6, 6.07) is 14.5. The molecule has 2 aromatic rings. The first-order valence-corrected chi connectivity index (χ1v) is 7.77. The van der Waals surface area contributed by atoms with E-state index in [1.807, 2.05) is 24.3 Å². The smallest absolute Gasteiger partial charge is 0.231 e. The Hall–Kier alpha value is -2.20. The molecule has 0 aliphatic heterocycles. The lowest BCUT2D eigenvalue weighted by molar-refractivity contribution is -0.122. The predicted octanol–water partition coefficient (Wildman–Crippen LogP) is 4.69. The van der Waals surface area contributed by atoms with Crippen molar-refractivity contribution in [3.63, 3.8) is 0 Å². The molecule has 0 unspecified atom stereocenters. The van der Waals surface area contributed by atoms with Crippen LogP contribution in [-0.4, -0.2) is 18.9 Å². The quantitative estimate of drug-likeness (QED) is 0.780. The molecule has 0 spiro atoms. The molecule has 0 atom stereocenters. The number of carbonyl (C=O) groups excluding carboxylic acids is 1. The summed E-state index contributed by atoms with van der Waals surface area (Å²) in [5.41, 5.74) is 0.0927. The van der Waals surface area contributed by atoms with Gasteiger partial charge in [0.1, 0.15) is 17.2 Å². The number of hydrogen-bond acceptors (Lipinski definition) is 3. The minimum absolute atomic E-state index is 0.115. The Morgan fingerprint density at radius 2 is 1.48 bits per heavy atom. The standard InChI is InChI=1S/C18H20ClNO3/c1-18(2,12-19)17(21)20-13-4-6-15(7-5-13)23-16-10-8-14(22-3)9-11-16/h4-11H,12H2,1-3H3,(H,20,21). The Bertz CT molecular complexity index is 651. The number of anilines is 1. The lowest BCUT2D eigenvalue weighted by Crippen LogP contribution is -2.32. The maximum absolute atomic E-state index is 12.1. The van der Waals surface area contributed by atoms with Gasteiger partial charge in [-0.1, -0.05) is 0 Å². The third-order valence-electron chi connectivity index (χ3n) is 3.36. The van der Waals surface area contributed by atoms with Crippen LogP contribution in [0.3, 0.4) is 0 Å². The van der Waals surface area contributed by atoms with E-state index in [1.165, 1.54) is 0 Å². The molecule has 0 saturated carbocycles. The van der Waals surface area contributed by atoms with Crippen LogP contribution in [0.1, 0.15) is 13.8 Å². The van der Waals surface area contributed by atoms with Gasteiger partial charge in [-0.25, -0.2) is 0 Å². The molecule has 0 bridgehead atoms. The SMILES string of the molecule is COc1ccc(Oc2ccc(NC(=O)C(C)(C)CCl)cc2)cc1. The van der Waals surface area contributed by atoms with Gasteiger partial charge in [-0.15, -0.1) is 11.6 Å². The molecule has 1 N–H and O–H groups in total. The van der Waals surface area contributed by atoms with E-state index in [0.717, 1.165) is 5.75 Å². The molecular formula is C18H20ClNO3. The third kappa shape index (κ3) is 4.63. The van der Waals surface area contributed by atoms with E-state index in [9.17, 15) is 4.79 Å². The summed E-state index contributed by atoms with van der Waals surface area (Å²) in [4.78, 5) is 12.1. The van der Waals surface area contributed by atoms with Crippen LogP contribution in [0.25, 0.3) is 0 Å². The zero-order valence-corrected chi connectivity index (χ0v) is 14.2. The van der Waals surface area contributed by atoms with E-state index in [2.05, 4.69) is 5.32 Å². The number of nitrogens with one attached hydrogen (secondary N) is 1. The normalized spacial score (nSPS) is 11.0. The van der Waals surface area contributed by atoms with Crippen molar-refractivity contribution in [3.8, 4) is 17.2 Å². The third-order valence-corrected chi connectivity index (χ3v) is 4.02. The first-order chi connectivity index (χ1) is 10.9. The molecule has 4 nitrogen and oxygen atoms in total. The number of alkyl halides is 1. The molecule has 0 radical (unpaired) electrons. The van der Waals surface area contributed by atoms with Crippen molar-refractivity contribution < 1.29 is 14.3 Å². The Kier molecular flexibility index (Phi) is 5.50. The number of benzene rings is 2. The number of amides is 1. The molecule has 23 heavy (non-hydrogen) atoms. The minimum atomic E-state index is -0.611. The molecule has 2 rings (SSSR count). The maximum atomic E-state index is 12.1. The van der Waals surface area contributed by atoms with Crippen LogP contribution in [0.4, 0.5) is 5.69 Å². The minimum Gasteiger partial charge on any atom is -0.497 e. The van der Waals surface area contributed by atoms with Crippen LogP contribution in [-0.2, 0) is 4.79 Å². The monoisotopic (exact) mass is 333 g/mol. The highest BCUT2D eigenvalue weighted by molar-refractivity contribution is 6.20. The Balaban J connectivity index is 2.00. The molecule has 0 aliphatic rings. The maximum Gasteiger partial charge on any atom is 0.231 e. The molecule has 2 aromatic carbocycles. The van der Waals surface area contributed by atoms with Gasteiger partial charge in [0.25, 0.3) is 0 Å². The molecule has 0 heterocycles. The van der Waals surface area contributed by atoms with Gasteiger partial charge in [-0.05, 0) is 62.4 Å². The van der Waals surface area contributed by atoms with Crippen molar-refractivity contribution in [2.45, 2.75) is 13.8 Å². The van der Waals surface area contributed by atoms with Gasteiger partial charge in [0.2, 0.25) is 5.91 Å². The lowest BCUT2D eigenvalue weighted by Gasteiger charge is -2.20. The van der Waals surface area contributed by atoms with E-state index < -0.39 is 5.41 Å². The molecule has 122 valence electrons. The van der Waals surface area contributed by atoms with Crippen molar-refractivity contribution >= 4 is 23.2 Å². The second-order valence-electron chi connectivity index (χ2n) is 5.77. The van der Waals surface area contributed by atoms with Gasteiger partial charge < -0.3 is 14.8 Å². The molecule has 0 saturated heterocycles. The van der Waals surface area contributed by atoms with Crippen LogP contribution in [0.5, 0.6) is 17.2 Å². The van der Waals surface area contributed by atoms with Gasteiger partial charge in [-0.2, -0.15) is 0 Å². The van der Waals surface area contributed by atoms with Crippen molar-refractivity contribution in [3.05, 3.63) is 48.5 Å². The summed E-state index contributed by atoms with van der Waals surface area (Å²) >= 11 is 5.80. The number of hydrogen-bond donors (Lipinski definition) is 1. The van der Waals surface area contributed by atoms with Gasteiger partial charge in [0.15, 0.2) is 0 Å². The number of rotatable bonds is 6. The van der Waals surface area contributed by atoms with Crippen LogP contribution in [0, 0.1) is 5.41 Å². The fourth-order valence-electron chi connectivity index (χ4n) is 1.75. The zero-order chi connectivity index (χ0) is 16.9. The first-order valence-electron chi connectivity index (χ1n) is 7.24. The van der Waals surface area contributed by atoms with E-state index >= 15 is 0 Å². The van der Waals surface area contributed by atoms with Crippen LogP contribution < -0.4 is 14.8 Å². The topological polar surface area (TPSA) is 47.6 Å². The molecule has 0 aromatic heterocycles. The molecule has 0 aliphatic carbocycles. The fraction of sp³-hybridized carbons (Fsp3) is 0.278. The first kappa shape index (κ1) is 17.2. The van der Waals surface area contributed by atoms with Gasteiger partial charge >= 0.3 is 0 Å². The van der Waals surface area contributed by atoms with Crippen molar-refractivity contribution in [1.82, 2.24) is 0 Å². The van der Waals surface area contributed by atoms with Crippen molar-refractivity contribution in [2.75, 3.05) is 18.3 Å². The van der Waals surface area contributed by atoms with E-state index in [4.69, 9.17) is 21.1 Å². The van der Waals surface area contributed by atoms with Gasteiger partial charge in [0.05, 0.1) is 12.5 Å². The highest BCUT2D eigenvalue weighted by Gasteiger charge is 2.26. The van der Waals surface area contributed by atoms with Crippen molar-refractivity contribution in [2.24, 2.45) is 5.41 Å². The largest absolute Gasteiger partial charge is 0.497 e. The summed E-state index contributed by atoms with van der Waals surface area (Å²) in [5.74, 6) is 2.32. The number of ether oxygens (including phenoxy) is 2. The molecule has 0 fully saturated rings. The fourth-order valence-corrected chi connectivity index (χ4v) is 1.87. The Labute approximate surface area is 141 Å². The second-order valence-corrected chi connectivity index (χ2v) is 6.04. The zero-order valence-electron chi connectivity index (χ0n) is 13.4.